The van der Waals surface area contributed by atoms with Crippen LogP contribution in [0.5, 0.6) is 0 Å². The number of rotatable bonds is 7. The maximum absolute atomic E-state index is 6.49. The van der Waals surface area contributed by atoms with Gasteiger partial charge in [0, 0.05) is 12.6 Å². The van der Waals surface area contributed by atoms with Crippen molar-refractivity contribution in [2.45, 2.75) is 52.8 Å². The lowest BCUT2D eigenvalue weighted by atomic mass is 9.81. The molecule has 0 aliphatic heterocycles. The maximum Gasteiger partial charge on any atom is 0.101 e. The number of hydroxylamine groups is 2. The Morgan fingerprint density at radius 3 is 1.80 bits per heavy atom. The van der Waals surface area contributed by atoms with Crippen molar-refractivity contribution in [2.24, 2.45) is 11.1 Å². The van der Waals surface area contributed by atoms with Gasteiger partial charge in [-0.2, -0.15) is 5.06 Å². The quantitative estimate of drug-likeness (QED) is 0.711. The van der Waals surface area contributed by atoms with Crippen LogP contribution in [0.2, 0.25) is 0 Å². The van der Waals surface area contributed by atoms with Crippen molar-refractivity contribution in [3.63, 3.8) is 0 Å². The molecule has 0 aliphatic carbocycles. The number of hydrogen-bond acceptors (Lipinski definition) is 3. The molecule has 3 heteroatoms. The van der Waals surface area contributed by atoms with Crippen LogP contribution in [0.15, 0.2) is 60.7 Å². The summed E-state index contributed by atoms with van der Waals surface area (Å²) >= 11 is 0. The van der Waals surface area contributed by atoms with Crippen LogP contribution in [0.3, 0.4) is 0 Å². The maximum atomic E-state index is 6.49. The van der Waals surface area contributed by atoms with Gasteiger partial charge in [-0.05, 0) is 30.4 Å². The van der Waals surface area contributed by atoms with Crippen molar-refractivity contribution < 1.29 is 4.84 Å². The summed E-state index contributed by atoms with van der Waals surface area (Å²) in [4.78, 5) is 6.49. The lowest BCUT2D eigenvalue weighted by molar-refractivity contribution is -0.257. The number of benzene rings is 2. The Bertz CT molecular complexity index is 621. The van der Waals surface area contributed by atoms with Crippen LogP contribution in [0.4, 0.5) is 0 Å². The van der Waals surface area contributed by atoms with E-state index in [9.17, 15) is 0 Å². The van der Waals surface area contributed by atoms with E-state index in [0.29, 0.717) is 6.54 Å². The second-order valence-corrected chi connectivity index (χ2v) is 7.78. The predicted molar refractivity (Wildman–Crippen MR) is 105 cm³/mol. The average molecular weight is 341 g/mol. The fourth-order valence-electron chi connectivity index (χ4n) is 3.15. The van der Waals surface area contributed by atoms with Crippen LogP contribution in [0.1, 0.15) is 57.9 Å². The molecule has 0 radical (unpaired) electrons. The highest BCUT2D eigenvalue weighted by Crippen LogP contribution is 2.40. The van der Waals surface area contributed by atoms with Gasteiger partial charge in [-0.25, -0.2) is 0 Å². The van der Waals surface area contributed by atoms with E-state index in [0.717, 1.165) is 5.56 Å². The zero-order valence-corrected chi connectivity index (χ0v) is 16.1. The van der Waals surface area contributed by atoms with E-state index in [1.165, 1.54) is 5.56 Å². The zero-order chi connectivity index (χ0) is 18.4. The predicted octanol–water partition coefficient (Wildman–Crippen LogP) is 5.12. The second-order valence-electron chi connectivity index (χ2n) is 7.78. The second kappa shape index (κ2) is 8.61. The number of hydrogen-bond donors (Lipinski definition) is 1. The molecule has 0 heterocycles. The van der Waals surface area contributed by atoms with Crippen LogP contribution in [-0.2, 0) is 4.84 Å². The molecule has 0 saturated carbocycles. The minimum absolute atomic E-state index is 0.00118. The molecule has 0 spiro atoms. The first-order valence-electron chi connectivity index (χ1n) is 9.09. The van der Waals surface area contributed by atoms with Gasteiger partial charge in [-0.15, -0.1) is 0 Å². The summed E-state index contributed by atoms with van der Waals surface area (Å²) in [6, 6.07) is 21.1. The molecule has 0 bridgehead atoms. The molecule has 2 rings (SSSR count). The topological polar surface area (TPSA) is 38.5 Å². The van der Waals surface area contributed by atoms with Crippen LogP contribution < -0.4 is 5.73 Å². The van der Waals surface area contributed by atoms with Crippen molar-refractivity contribution in [3.8, 4) is 0 Å². The Morgan fingerprint density at radius 1 is 0.880 bits per heavy atom. The van der Waals surface area contributed by atoms with E-state index in [1.54, 1.807) is 0 Å². The van der Waals surface area contributed by atoms with Crippen molar-refractivity contribution in [1.82, 2.24) is 5.06 Å². The molecule has 2 aromatic rings. The third kappa shape index (κ3) is 5.15. The summed E-state index contributed by atoms with van der Waals surface area (Å²) in [5, 5.41) is 2.10. The Morgan fingerprint density at radius 2 is 1.36 bits per heavy atom. The third-order valence-corrected chi connectivity index (χ3v) is 4.51. The first kappa shape index (κ1) is 19.6. The summed E-state index contributed by atoms with van der Waals surface area (Å²) in [5.41, 5.74) is 8.44. The summed E-state index contributed by atoms with van der Waals surface area (Å²) in [6.07, 6.45) is -0.0382. The van der Waals surface area contributed by atoms with Gasteiger partial charge in [0.1, 0.15) is 6.10 Å². The summed E-state index contributed by atoms with van der Waals surface area (Å²) in [5.74, 6) is 0. The average Bonchev–Trinajstić information content (AvgIpc) is 2.61. The van der Waals surface area contributed by atoms with E-state index < -0.39 is 0 Å². The lowest BCUT2D eigenvalue weighted by Gasteiger charge is -2.43. The smallest absolute Gasteiger partial charge is 0.101 e. The number of nitrogens with zero attached hydrogens (tertiary/aromatic N) is 1. The van der Waals surface area contributed by atoms with Gasteiger partial charge >= 0.3 is 0 Å². The Hall–Kier alpha value is -1.68. The first-order chi connectivity index (χ1) is 11.8. The molecule has 0 fully saturated rings. The van der Waals surface area contributed by atoms with Crippen molar-refractivity contribution in [3.05, 3.63) is 71.8 Å². The van der Waals surface area contributed by atoms with Gasteiger partial charge in [0.05, 0.1) is 6.04 Å². The van der Waals surface area contributed by atoms with Crippen LogP contribution >= 0.6 is 0 Å². The molecule has 2 aromatic carbocycles. The van der Waals surface area contributed by atoms with E-state index >= 15 is 0 Å². The minimum Gasteiger partial charge on any atom is -0.329 e. The largest absolute Gasteiger partial charge is 0.329 e. The van der Waals surface area contributed by atoms with Gasteiger partial charge in [0.25, 0.3) is 0 Å². The highest BCUT2D eigenvalue weighted by Gasteiger charge is 2.36. The summed E-state index contributed by atoms with van der Waals surface area (Å²) in [6.45, 7) is 11.5. The minimum atomic E-state index is -0.0382. The van der Waals surface area contributed by atoms with Crippen LogP contribution in [-0.4, -0.2) is 17.6 Å². The highest BCUT2D eigenvalue weighted by molar-refractivity contribution is 5.21. The number of nitrogens with two attached hydrogens (primary N) is 1. The molecule has 3 unspecified atom stereocenters. The molecule has 0 aliphatic rings. The molecule has 3 nitrogen and oxygen atoms in total. The van der Waals surface area contributed by atoms with Gasteiger partial charge in [0.15, 0.2) is 0 Å². The molecule has 0 saturated heterocycles. The lowest BCUT2D eigenvalue weighted by Crippen LogP contribution is -2.45. The molecule has 25 heavy (non-hydrogen) atoms. The van der Waals surface area contributed by atoms with Crippen molar-refractivity contribution in [1.29, 1.82) is 0 Å². The Labute approximate surface area is 152 Å². The fourth-order valence-corrected chi connectivity index (χ4v) is 3.15. The Balaban J connectivity index is 2.36. The SMILES string of the molecule is CC(ON(C(C)CN)C(c1ccccc1)C(C)(C)C)c1ccccc1. The fraction of sp³-hybridized carbons (Fsp3) is 0.455. The standard InChI is InChI=1S/C22H32N2O/c1-17(16-23)24(25-18(2)19-12-8-6-9-13-19)21(22(3,4)5)20-14-10-7-11-15-20/h6-15,17-18,21H,16,23H2,1-5H3. The van der Waals surface area contributed by atoms with E-state index in [2.05, 4.69) is 76.1 Å². The van der Waals surface area contributed by atoms with Gasteiger partial charge in [0.2, 0.25) is 0 Å². The first-order valence-corrected chi connectivity index (χ1v) is 9.09. The zero-order valence-electron chi connectivity index (χ0n) is 16.1. The molecule has 136 valence electrons. The molecular formula is C22H32N2O. The monoisotopic (exact) mass is 340 g/mol. The molecular weight excluding hydrogens is 308 g/mol. The van der Waals surface area contributed by atoms with Crippen molar-refractivity contribution in [2.75, 3.05) is 6.54 Å². The van der Waals surface area contributed by atoms with Gasteiger partial charge < -0.3 is 5.73 Å². The highest BCUT2D eigenvalue weighted by atomic mass is 16.7. The summed E-state index contributed by atoms with van der Waals surface area (Å²) < 4.78 is 0. The van der Waals surface area contributed by atoms with Gasteiger partial charge in [-0.3, -0.25) is 4.84 Å². The normalized spacial score (nSPS) is 15.8. The van der Waals surface area contributed by atoms with Crippen LogP contribution in [0.25, 0.3) is 0 Å². The third-order valence-electron chi connectivity index (χ3n) is 4.51. The molecule has 0 amide bonds. The summed E-state index contributed by atoms with van der Waals surface area (Å²) in [7, 11) is 0. The van der Waals surface area contributed by atoms with E-state index in [4.69, 9.17) is 10.6 Å². The van der Waals surface area contributed by atoms with Gasteiger partial charge in [-0.1, -0.05) is 81.4 Å². The van der Waals surface area contributed by atoms with E-state index in [1.807, 2.05) is 24.3 Å². The van der Waals surface area contributed by atoms with E-state index in [-0.39, 0.29) is 23.6 Å². The van der Waals surface area contributed by atoms with Crippen LogP contribution in [0, 0.1) is 5.41 Å². The molecule has 2 N–H and O–H groups in total. The molecule has 0 aromatic heterocycles. The molecule has 3 atom stereocenters. The Kier molecular flexibility index (Phi) is 6.77. The van der Waals surface area contributed by atoms with Crippen molar-refractivity contribution >= 4 is 0 Å².